The summed E-state index contributed by atoms with van der Waals surface area (Å²) in [6.07, 6.45) is 0. The van der Waals surface area contributed by atoms with Crippen molar-refractivity contribution in [1.82, 2.24) is 24.4 Å². The lowest BCUT2D eigenvalue weighted by molar-refractivity contribution is -0.118. The molecule has 10 heteroatoms. The first-order chi connectivity index (χ1) is 14.7. The highest BCUT2D eigenvalue weighted by atomic mass is 32.2. The van der Waals surface area contributed by atoms with Crippen LogP contribution < -0.4 is 16.6 Å². The van der Waals surface area contributed by atoms with E-state index in [0.29, 0.717) is 17.4 Å². The third-order valence-electron chi connectivity index (χ3n) is 4.55. The van der Waals surface area contributed by atoms with Crippen molar-refractivity contribution in [3.8, 4) is 0 Å². The summed E-state index contributed by atoms with van der Waals surface area (Å²) in [5.74, 6) is 0.00767. The maximum atomic E-state index is 13.0. The molecular formula is C21H24FN5O3S. The van der Waals surface area contributed by atoms with Crippen molar-refractivity contribution in [3.63, 3.8) is 0 Å². The van der Waals surface area contributed by atoms with Crippen LogP contribution in [-0.4, -0.2) is 30.8 Å². The van der Waals surface area contributed by atoms with E-state index in [1.54, 1.807) is 19.1 Å². The molecular weight excluding hydrogens is 421 g/mol. The first kappa shape index (κ1) is 22.7. The van der Waals surface area contributed by atoms with E-state index < -0.39 is 11.2 Å². The van der Waals surface area contributed by atoms with Crippen molar-refractivity contribution in [2.45, 2.75) is 38.9 Å². The predicted molar refractivity (Wildman–Crippen MR) is 118 cm³/mol. The Labute approximate surface area is 182 Å². The average Bonchev–Trinajstić information content (AvgIpc) is 2.72. The van der Waals surface area contributed by atoms with Crippen LogP contribution in [0.3, 0.4) is 0 Å². The molecule has 2 aromatic heterocycles. The number of hydrogen-bond donors (Lipinski definition) is 1. The summed E-state index contributed by atoms with van der Waals surface area (Å²) in [4.78, 5) is 46.5. The summed E-state index contributed by atoms with van der Waals surface area (Å²) >= 11 is 1.11. The third-order valence-corrected chi connectivity index (χ3v) is 5.53. The van der Waals surface area contributed by atoms with Crippen LogP contribution >= 0.6 is 11.8 Å². The summed E-state index contributed by atoms with van der Waals surface area (Å²) < 4.78 is 15.5. The van der Waals surface area contributed by atoms with E-state index in [1.807, 2.05) is 13.8 Å². The summed E-state index contributed by atoms with van der Waals surface area (Å²) in [5.41, 5.74) is 0.129. The zero-order valence-electron chi connectivity index (χ0n) is 17.8. The van der Waals surface area contributed by atoms with Gasteiger partial charge >= 0.3 is 5.69 Å². The lowest BCUT2D eigenvalue weighted by Gasteiger charge is -2.15. The molecule has 0 unspecified atom stereocenters. The number of aromatic nitrogens is 4. The monoisotopic (exact) mass is 445 g/mol. The zero-order chi connectivity index (χ0) is 22.7. The van der Waals surface area contributed by atoms with Gasteiger partial charge in [0.2, 0.25) is 5.91 Å². The van der Waals surface area contributed by atoms with Crippen LogP contribution in [0.5, 0.6) is 0 Å². The molecule has 0 bridgehead atoms. The molecule has 0 fully saturated rings. The quantitative estimate of drug-likeness (QED) is 0.441. The van der Waals surface area contributed by atoms with Crippen molar-refractivity contribution in [2.75, 3.05) is 5.75 Å². The summed E-state index contributed by atoms with van der Waals surface area (Å²) in [6.45, 7) is 6.29. The molecule has 164 valence electrons. The van der Waals surface area contributed by atoms with Gasteiger partial charge in [-0.15, -0.1) is 0 Å². The van der Waals surface area contributed by atoms with Gasteiger partial charge < -0.3 is 5.32 Å². The molecule has 0 radical (unpaired) electrons. The van der Waals surface area contributed by atoms with Crippen molar-refractivity contribution in [2.24, 2.45) is 13.0 Å². The standard InChI is InChI=1S/C21H24FN5O3S/c1-12(2)10-27-18-17(20(29)26(4)21(27)30)19(25-13(3)24-18)31-11-16(28)23-9-14-5-7-15(22)8-6-14/h5-8,12H,9-11H2,1-4H3,(H,23,28). The Morgan fingerprint density at radius 1 is 1.19 bits per heavy atom. The molecule has 3 aromatic rings. The number of nitrogens with zero attached hydrogens (tertiary/aromatic N) is 4. The van der Waals surface area contributed by atoms with E-state index >= 15 is 0 Å². The largest absolute Gasteiger partial charge is 0.351 e. The molecule has 31 heavy (non-hydrogen) atoms. The molecule has 1 aromatic carbocycles. The van der Waals surface area contributed by atoms with E-state index in [1.165, 1.54) is 23.7 Å². The van der Waals surface area contributed by atoms with Crippen molar-refractivity contribution >= 4 is 28.7 Å². The minimum atomic E-state index is -0.491. The molecule has 0 aliphatic rings. The molecule has 0 saturated carbocycles. The SMILES string of the molecule is Cc1nc(SCC(=O)NCc2ccc(F)cc2)c2c(=O)n(C)c(=O)n(CC(C)C)c2n1. The number of fused-ring (bicyclic) bond motifs is 1. The number of carbonyl (C=O) groups excluding carboxylic acids is 1. The van der Waals surface area contributed by atoms with Crippen LogP contribution in [0.2, 0.25) is 0 Å². The van der Waals surface area contributed by atoms with Crippen LogP contribution in [-0.2, 0) is 24.9 Å². The number of aryl methyl sites for hydroxylation is 1. The fourth-order valence-corrected chi connectivity index (χ4v) is 3.95. The van der Waals surface area contributed by atoms with E-state index in [9.17, 15) is 18.8 Å². The van der Waals surface area contributed by atoms with Gasteiger partial charge in [0.15, 0.2) is 5.65 Å². The molecule has 0 saturated heterocycles. The first-order valence-electron chi connectivity index (χ1n) is 9.79. The summed E-state index contributed by atoms with van der Waals surface area (Å²) in [6, 6.07) is 5.86. The number of hydrogen-bond acceptors (Lipinski definition) is 6. The molecule has 0 aliphatic heterocycles. The molecule has 0 spiro atoms. The highest BCUT2D eigenvalue weighted by Gasteiger charge is 2.19. The molecule has 0 atom stereocenters. The smallest absolute Gasteiger partial charge is 0.332 e. The zero-order valence-corrected chi connectivity index (χ0v) is 18.6. The highest BCUT2D eigenvalue weighted by Crippen LogP contribution is 2.22. The number of thioether (sulfide) groups is 1. The Kier molecular flexibility index (Phi) is 6.89. The van der Waals surface area contributed by atoms with Gasteiger partial charge in [0.05, 0.1) is 5.75 Å². The number of nitrogens with one attached hydrogen (secondary N) is 1. The molecule has 1 N–H and O–H groups in total. The Hall–Kier alpha value is -3.01. The van der Waals surface area contributed by atoms with Crippen LogP contribution in [0, 0.1) is 18.7 Å². The number of amides is 1. The second kappa shape index (κ2) is 9.42. The fourth-order valence-electron chi connectivity index (χ4n) is 3.06. The van der Waals surface area contributed by atoms with Crippen LogP contribution in [0.15, 0.2) is 38.9 Å². The Morgan fingerprint density at radius 3 is 2.52 bits per heavy atom. The third kappa shape index (κ3) is 5.19. The summed E-state index contributed by atoms with van der Waals surface area (Å²) in [7, 11) is 1.42. The predicted octanol–water partition coefficient (Wildman–Crippen LogP) is 2.00. The maximum Gasteiger partial charge on any atom is 0.332 e. The van der Waals surface area contributed by atoms with Gasteiger partial charge in [-0.2, -0.15) is 0 Å². The number of carbonyl (C=O) groups is 1. The molecule has 0 aliphatic carbocycles. The second-order valence-electron chi connectivity index (χ2n) is 7.62. The molecule has 1 amide bonds. The van der Waals surface area contributed by atoms with Gasteiger partial charge in [0.1, 0.15) is 22.1 Å². The van der Waals surface area contributed by atoms with Crippen molar-refractivity contribution in [1.29, 1.82) is 0 Å². The van der Waals surface area contributed by atoms with Crippen LogP contribution in [0.25, 0.3) is 11.0 Å². The topological polar surface area (TPSA) is 98.9 Å². The van der Waals surface area contributed by atoms with Crippen molar-refractivity contribution < 1.29 is 9.18 Å². The highest BCUT2D eigenvalue weighted by molar-refractivity contribution is 8.00. The summed E-state index contributed by atoms with van der Waals surface area (Å²) in [5, 5.41) is 3.35. The second-order valence-corrected chi connectivity index (χ2v) is 8.58. The number of rotatable bonds is 7. The van der Waals surface area contributed by atoms with Gasteiger partial charge in [-0.25, -0.2) is 19.2 Å². The lowest BCUT2D eigenvalue weighted by Crippen LogP contribution is -2.39. The Balaban J connectivity index is 1.87. The van der Waals surface area contributed by atoms with Crippen LogP contribution in [0.4, 0.5) is 4.39 Å². The number of benzene rings is 1. The van der Waals surface area contributed by atoms with Gasteiger partial charge in [-0.05, 0) is 30.5 Å². The minimum absolute atomic E-state index is 0.0270. The first-order valence-corrected chi connectivity index (χ1v) is 10.8. The normalized spacial score (nSPS) is 11.3. The molecule has 3 rings (SSSR count). The Bertz CT molecular complexity index is 1230. The number of halogens is 1. The molecule has 2 heterocycles. The van der Waals surface area contributed by atoms with Gasteiger partial charge in [0.25, 0.3) is 5.56 Å². The van der Waals surface area contributed by atoms with Gasteiger partial charge in [-0.3, -0.25) is 18.7 Å². The van der Waals surface area contributed by atoms with Gasteiger partial charge in [-0.1, -0.05) is 37.7 Å². The van der Waals surface area contributed by atoms with E-state index in [2.05, 4.69) is 15.3 Å². The molecule has 8 nitrogen and oxygen atoms in total. The van der Waals surface area contributed by atoms with Gasteiger partial charge in [0, 0.05) is 20.1 Å². The van der Waals surface area contributed by atoms with Crippen molar-refractivity contribution in [3.05, 3.63) is 62.3 Å². The Morgan fingerprint density at radius 2 is 1.87 bits per heavy atom. The lowest BCUT2D eigenvalue weighted by atomic mass is 10.2. The van der Waals surface area contributed by atoms with Crippen LogP contribution in [0.1, 0.15) is 25.2 Å². The van der Waals surface area contributed by atoms with E-state index in [0.717, 1.165) is 21.9 Å². The van der Waals surface area contributed by atoms with E-state index in [-0.39, 0.29) is 41.0 Å². The average molecular weight is 446 g/mol. The maximum absolute atomic E-state index is 13.0. The fraction of sp³-hybridized carbons (Fsp3) is 0.381. The minimum Gasteiger partial charge on any atom is -0.351 e. The van der Waals surface area contributed by atoms with E-state index in [4.69, 9.17) is 0 Å².